The summed E-state index contributed by atoms with van der Waals surface area (Å²) in [6.45, 7) is 5.64. The molecule has 4 rings (SSSR count). The first kappa shape index (κ1) is 20.4. The summed E-state index contributed by atoms with van der Waals surface area (Å²) in [5.74, 6) is 0.766. The zero-order valence-corrected chi connectivity index (χ0v) is 17.8. The Morgan fingerprint density at radius 1 is 0.967 bits per heavy atom. The Kier molecular flexibility index (Phi) is 6.31. The molecule has 1 aliphatic rings. The van der Waals surface area contributed by atoms with Gasteiger partial charge in [-0.2, -0.15) is 0 Å². The molecule has 0 amide bonds. The predicted octanol–water partition coefficient (Wildman–Crippen LogP) is 3.38. The number of rotatable bonds is 6. The van der Waals surface area contributed by atoms with Crippen LogP contribution in [0.5, 0.6) is 5.75 Å². The van der Waals surface area contributed by atoms with Gasteiger partial charge in [-0.15, -0.1) is 0 Å². The van der Waals surface area contributed by atoms with Gasteiger partial charge in [-0.1, -0.05) is 42.5 Å². The minimum atomic E-state index is 0.0731. The number of hydrogen-bond acceptors (Lipinski definition) is 4. The zero-order chi connectivity index (χ0) is 20.9. The summed E-state index contributed by atoms with van der Waals surface area (Å²) in [5, 5.41) is 1.07. The molecule has 1 saturated heterocycles. The predicted molar refractivity (Wildman–Crippen MR) is 123 cm³/mol. The van der Waals surface area contributed by atoms with Crippen LogP contribution in [0.25, 0.3) is 17.0 Å². The first-order chi connectivity index (χ1) is 14.6. The van der Waals surface area contributed by atoms with E-state index in [0.717, 1.165) is 54.9 Å². The quantitative estimate of drug-likeness (QED) is 0.632. The highest BCUT2D eigenvalue weighted by molar-refractivity contribution is 5.81. The number of methoxy groups -OCH3 is 1. The Hall–Kier alpha value is -2.89. The molecular formula is C25H29N3O2. The van der Waals surface area contributed by atoms with E-state index in [4.69, 9.17) is 4.74 Å². The summed E-state index contributed by atoms with van der Waals surface area (Å²) in [5.41, 5.74) is 3.07. The second-order valence-electron chi connectivity index (χ2n) is 7.85. The second kappa shape index (κ2) is 9.28. The SMILES string of the molecule is COc1ccc2cc(CN3CCN(C/C=C/c4ccccc4)CC3)c(=O)n(C)c2c1. The van der Waals surface area contributed by atoms with Gasteiger partial charge in [-0.05, 0) is 29.1 Å². The van der Waals surface area contributed by atoms with Crippen molar-refractivity contribution in [1.82, 2.24) is 14.4 Å². The number of benzene rings is 2. The van der Waals surface area contributed by atoms with Crippen molar-refractivity contribution < 1.29 is 4.74 Å². The van der Waals surface area contributed by atoms with Gasteiger partial charge < -0.3 is 9.30 Å². The van der Waals surface area contributed by atoms with E-state index in [9.17, 15) is 4.79 Å². The van der Waals surface area contributed by atoms with Crippen molar-refractivity contribution in [2.24, 2.45) is 7.05 Å². The number of fused-ring (bicyclic) bond motifs is 1. The molecule has 156 valence electrons. The van der Waals surface area contributed by atoms with E-state index in [0.29, 0.717) is 6.54 Å². The van der Waals surface area contributed by atoms with Crippen LogP contribution in [-0.2, 0) is 13.6 Å². The van der Waals surface area contributed by atoms with Crippen LogP contribution < -0.4 is 10.3 Å². The Balaban J connectivity index is 1.37. The van der Waals surface area contributed by atoms with E-state index < -0.39 is 0 Å². The van der Waals surface area contributed by atoms with Gasteiger partial charge in [-0.3, -0.25) is 14.6 Å². The minimum Gasteiger partial charge on any atom is -0.497 e. The number of ether oxygens (including phenoxy) is 1. The molecule has 1 aromatic heterocycles. The van der Waals surface area contributed by atoms with Crippen LogP contribution in [0.15, 0.2) is 65.5 Å². The molecule has 0 radical (unpaired) electrons. The molecule has 1 fully saturated rings. The van der Waals surface area contributed by atoms with Gasteiger partial charge in [0.2, 0.25) is 0 Å². The van der Waals surface area contributed by atoms with Crippen LogP contribution in [0.3, 0.4) is 0 Å². The average molecular weight is 404 g/mol. The van der Waals surface area contributed by atoms with Crippen LogP contribution >= 0.6 is 0 Å². The number of aryl methyl sites for hydroxylation is 1. The first-order valence-corrected chi connectivity index (χ1v) is 10.5. The molecule has 1 aliphatic heterocycles. The highest BCUT2D eigenvalue weighted by Gasteiger charge is 2.18. The second-order valence-corrected chi connectivity index (χ2v) is 7.85. The van der Waals surface area contributed by atoms with Crippen LogP contribution in [0.4, 0.5) is 0 Å². The monoisotopic (exact) mass is 403 g/mol. The minimum absolute atomic E-state index is 0.0731. The van der Waals surface area contributed by atoms with Gasteiger partial charge in [0.1, 0.15) is 5.75 Å². The largest absolute Gasteiger partial charge is 0.497 e. The van der Waals surface area contributed by atoms with Crippen molar-refractivity contribution in [2.75, 3.05) is 39.8 Å². The average Bonchev–Trinajstić information content (AvgIpc) is 2.79. The Bertz CT molecular complexity index is 1080. The summed E-state index contributed by atoms with van der Waals surface area (Å²) >= 11 is 0. The summed E-state index contributed by atoms with van der Waals surface area (Å²) < 4.78 is 7.03. The lowest BCUT2D eigenvalue weighted by Gasteiger charge is -2.34. The zero-order valence-electron chi connectivity index (χ0n) is 17.8. The first-order valence-electron chi connectivity index (χ1n) is 10.5. The highest BCUT2D eigenvalue weighted by Crippen LogP contribution is 2.20. The molecule has 0 unspecified atom stereocenters. The smallest absolute Gasteiger partial charge is 0.255 e. The van der Waals surface area contributed by atoms with E-state index in [-0.39, 0.29) is 5.56 Å². The van der Waals surface area contributed by atoms with Crippen molar-refractivity contribution >= 4 is 17.0 Å². The number of nitrogens with zero attached hydrogens (tertiary/aromatic N) is 3. The summed E-state index contributed by atoms with van der Waals surface area (Å²) in [7, 11) is 3.48. The molecule has 5 heteroatoms. The fraction of sp³-hybridized carbons (Fsp3) is 0.320. The molecular weight excluding hydrogens is 374 g/mol. The fourth-order valence-corrected chi connectivity index (χ4v) is 4.02. The molecule has 0 saturated carbocycles. The summed E-state index contributed by atoms with van der Waals surface area (Å²) in [6.07, 6.45) is 4.42. The number of piperazine rings is 1. The molecule has 0 bridgehead atoms. The van der Waals surface area contributed by atoms with Gasteiger partial charge in [0.15, 0.2) is 0 Å². The van der Waals surface area contributed by atoms with Crippen molar-refractivity contribution in [1.29, 1.82) is 0 Å². The van der Waals surface area contributed by atoms with Crippen molar-refractivity contribution in [3.05, 3.63) is 82.2 Å². The molecule has 2 heterocycles. The third-order valence-electron chi connectivity index (χ3n) is 5.84. The normalized spacial score (nSPS) is 15.8. The van der Waals surface area contributed by atoms with E-state index in [2.05, 4.69) is 46.2 Å². The highest BCUT2D eigenvalue weighted by atomic mass is 16.5. The van der Waals surface area contributed by atoms with Crippen molar-refractivity contribution in [3.8, 4) is 5.75 Å². The molecule has 5 nitrogen and oxygen atoms in total. The molecule has 0 aliphatic carbocycles. The number of pyridine rings is 1. The van der Waals surface area contributed by atoms with Crippen molar-refractivity contribution in [2.45, 2.75) is 6.54 Å². The molecule has 0 N–H and O–H groups in total. The lowest BCUT2D eigenvalue weighted by atomic mass is 10.1. The van der Waals surface area contributed by atoms with Gasteiger partial charge >= 0.3 is 0 Å². The Morgan fingerprint density at radius 3 is 2.43 bits per heavy atom. The third-order valence-corrected chi connectivity index (χ3v) is 5.84. The van der Waals surface area contributed by atoms with Gasteiger partial charge in [0.05, 0.1) is 12.6 Å². The van der Waals surface area contributed by atoms with E-state index in [1.54, 1.807) is 11.7 Å². The lowest BCUT2D eigenvalue weighted by Crippen LogP contribution is -2.46. The molecule has 2 aromatic carbocycles. The van der Waals surface area contributed by atoms with Gasteiger partial charge in [0.25, 0.3) is 5.56 Å². The standard InChI is InChI=1S/C25H29N3O2/c1-26-24-18-23(30-2)11-10-21(24)17-22(25(26)29)19-28-15-13-27(14-16-28)12-6-9-20-7-4-3-5-8-20/h3-11,17-18H,12-16,19H2,1-2H3/b9-6+. The molecule has 30 heavy (non-hydrogen) atoms. The van der Waals surface area contributed by atoms with Crippen molar-refractivity contribution in [3.63, 3.8) is 0 Å². The number of hydrogen-bond donors (Lipinski definition) is 0. The topological polar surface area (TPSA) is 37.7 Å². The third kappa shape index (κ3) is 4.64. The molecule has 3 aromatic rings. The Labute approximate surface area is 177 Å². The summed E-state index contributed by atoms with van der Waals surface area (Å²) in [4.78, 5) is 17.7. The maximum atomic E-state index is 12.9. The van der Waals surface area contributed by atoms with Gasteiger partial charge in [-0.25, -0.2) is 0 Å². The lowest BCUT2D eigenvalue weighted by molar-refractivity contribution is 0.136. The fourth-order valence-electron chi connectivity index (χ4n) is 4.02. The Morgan fingerprint density at radius 2 is 1.70 bits per heavy atom. The van der Waals surface area contributed by atoms with Crippen LogP contribution in [0.2, 0.25) is 0 Å². The van der Waals surface area contributed by atoms with Gasteiger partial charge in [0, 0.05) is 57.9 Å². The molecule has 0 atom stereocenters. The van der Waals surface area contributed by atoms with E-state index >= 15 is 0 Å². The maximum Gasteiger partial charge on any atom is 0.255 e. The van der Waals surface area contributed by atoms with Crippen LogP contribution in [-0.4, -0.2) is 54.2 Å². The summed E-state index contributed by atoms with van der Waals surface area (Å²) in [6, 6.07) is 18.3. The maximum absolute atomic E-state index is 12.9. The van der Waals surface area contributed by atoms with E-state index in [1.165, 1.54) is 5.56 Å². The van der Waals surface area contributed by atoms with Crippen LogP contribution in [0, 0.1) is 0 Å². The van der Waals surface area contributed by atoms with Crippen LogP contribution in [0.1, 0.15) is 11.1 Å². The van der Waals surface area contributed by atoms with E-state index in [1.807, 2.05) is 37.4 Å². The number of aromatic nitrogens is 1. The molecule has 0 spiro atoms.